The Hall–Kier alpha value is -1.35. The van der Waals surface area contributed by atoms with Crippen LogP contribution in [-0.2, 0) is 13.5 Å². The molecule has 0 aliphatic rings. The predicted octanol–water partition coefficient (Wildman–Crippen LogP) is 3.80. The number of rotatable bonds is 8. The molecule has 0 bridgehead atoms. The summed E-state index contributed by atoms with van der Waals surface area (Å²) in [5, 5.41) is 0. The van der Waals surface area contributed by atoms with Crippen LogP contribution in [0.15, 0.2) is 24.3 Å². The summed E-state index contributed by atoms with van der Waals surface area (Å²) in [6.45, 7) is 2.25. The third kappa shape index (κ3) is 3.83. The Morgan fingerprint density at radius 3 is 2.65 bits per heavy atom. The van der Waals surface area contributed by atoms with Crippen LogP contribution < -0.4 is 5.73 Å². The number of aromatic nitrogens is 2. The first-order valence-electron chi connectivity index (χ1n) is 7.88. The Morgan fingerprint density at radius 2 is 1.90 bits per heavy atom. The van der Waals surface area contributed by atoms with Gasteiger partial charge in [-0.25, -0.2) is 4.98 Å². The fourth-order valence-electron chi connectivity index (χ4n) is 2.72. The second-order valence-corrected chi connectivity index (χ2v) is 5.74. The zero-order valence-corrected chi connectivity index (χ0v) is 12.8. The van der Waals surface area contributed by atoms with E-state index in [1.54, 1.807) is 0 Å². The average Bonchev–Trinajstić information content (AvgIpc) is 2.76. The van der Waals surface area contributed by atoms with Gasteiger partial charge < -0.3 is 10.3 Å². The van der Waals surface area contributed by atoms with Gasteiger partial charge in [-0.1, -0.05) is 51.2 Å². The van der Waals surface area contributed by atoms with Crippen molar-refractivity contribution in [2.45, 2.75) is 57.9 Å². The van der Waals surface area contributed by atoms with Crippen LogP contribution in [0.1, 0.15) is 51.3 Å². The van der Waals surface area contributed by atoms with Crippen LogP contribution in [0.5, 0.6) is 0 Å². The van der Waals surface area contributed by atoms with Gasteiger partial charge in [0.2, 0.25) is 0 Å². The lowest BCUT2D eigenvalue weighted by molar-refractivity contribution is 0.526. The number of benzene rings is 1. The number of unbranched alkanes of at least 4 members (excludes halogenated alkanes) is 4. The minimum absolute atomic E-state index is 0.229. The zero-order chi connectivity index (χ0) is 14.4. The fraction of sp³-hybridized carbons (Fsp3) is 0.588. The van der Waals surface area contributed by atoms with Crippen molar-refractivity contribution in [1.29, 1.82) is 0 Å². The summed E-state index contributed by atoms with van der Waals surface area (Å²) >= 11 is 0. The van der Waals surface area contributed by atoms with Crippen LogP contribution in [0, 0.1) is 0 Å². The van der Waals surface area contributed by atoms with Crippen LogP contribution in [0.2, 0.25) is 0 Å². The maximum absolute atomic E-state index is 6.26. The Kier molecular flexibility index (Phi) is 5.60. The van der Waals surface area contributed by atoms with E-state index < -0.39 is 0 Å². The van der Waals surface area contributed by atoms with Gasteiger partial charge in [-0.3, -0.25) is 0 Å². The molecule has 20 heavy (non-hydrogen) atoms. The van der Waals surface area contributed by atoms with E-state index in [1.807, 2.05) is 6.07 Å². The highest BCUT2D eigenvalue weighted by atomic mass is 15.1. The zero-order valence-electron chi connectivity index (χ0n) is 12.8. The van der Waals surface area contributed by atoms with Gasteiger partial charge in [-0.2, -0.15) is 0 Å². The third-order valence-corrected chi connectivity index (χ3v) is 4.00. The van der Waals surface area contributed by atoms with Gasteiger partial charge >= 0.3 is 0 Å². The number of hydrogen-bond acceptors (Lipinski definition) is 2. The lowest BCUT2D eigenvalue weighted by Crippen LogP contribution is -2.24. The van der Waals surface area contributed by atoms with E-state index in [0.29, 0.717) is 0 Å². The van der Waals surface area contributed by atoms with Crippen LogP contribution in [0.3, 0.4) is 0 Å². The first-order chi connectivity index (χ1) is 9.72. The number of nitrogens with zero attached hydrogens (tertiary/aromatic N) is 2. The molecule has 3 nitrogen and oxygen atoms in total. The summed E-state index contributed by atoms with van der Waals surface area (Å²) in [4.78, 5) is 4.69. The molecule has 3 heteroatoms. The summed E-state index contributed by atoms with van der Waals surface area (Å²) in [5.74, 6) is 1.10. The van der Waals surface area contributed by atoms with E-state index in [2.05, 4.69) is 36.7 Å². The van der Waals surface area contributed by atoms with Crippen LogP contribution in [-0.4, -0.2) is 15.6 Å². The molecule has 0 amide bonds. The Labute approximate surface area is 122 Å². The van der Waals surface area contributed by atoms with Gasteiger partial charge in [0, 0.05) is 19.5 Å². The van der Waals surface area contributed by atoms with E-state index in [9.17, 15) is 0 Å². The molecule has 0 spiro atoms. The fourth-order valence-corrected chi connectivity index (χ4v) is 2.72. The van der Waals surface area contributed by atoms with Crippen LogP contribution >= 0.6 is 0 Å². The van der Waals surface area contributed by atoms with Crippen molar-refractivity contribution in [2.75, 3.05) is 0 Å². The molecule has 1 unspecified atom stereocenters. The SMILES string of the molecule is CCCCCCCC(N)Cc1nc2ccccc2n1C. The maximum Gasteiger partial charge on any atom is 0.111 e. The van der Waals surface area contributed by atoms with E-state index >= 15 is 0 Å². The molecule has 2 rings (SSSR count). The summed E-state index contributed by atoms with van der Waals surface area (Å²) in [5.41, 5.74) is 8.52. The minimum Gasteiger partial charge on any atom is -0.331 e. The Morgan fingerprint density at radius 1 is 1.15 bits per heavy atom. The minimum atomic E-state index is 0.229. The van der Waals surface area contributed by atoms with Gasteiger partial charge in [0.15, 0.2) is 0 Å². The van der Waals surface area contributed by atoms with Gasteiger partial charge in [0.1, 0.15) is 5.82 Å². The number of nitrogens with two attached hydrogens (primary N) is 1. The van der Waals surface area contributed by atoms with E-state index in [0.717, 1.165) is 24.2 Å². The lowest BCUT2D eigenvalue weighted by Gasteiger charge is -2.11. The largest absolute Gasteiger partial charge is 0.331 e. The number of hydrogen-bond donors (Lipinski definition) is 1. The number of para-hydroxylation sites is 2. The second kappa shape index (κ2) is 7.44. The summed E-state index contributed by atoms with van der Waals surface area (Å²) in [6, 6.07) is 8.50. The molecule has 1 aromatic heterocycles. The number of imidazole rings is 1. The normalized spacial score (nSPS) is 12.9. The van der Waals surface area contributed by atoms with Gasteiger partial charge in [-0.05, 0) is 18.6 Å². The van der Waals surface area contributed by atoms with E-state index in [-0.39, 0.29) is 6.04 Å². The topological polar surface area (TPSA) is 43.8 Å². The van der Waals surface area contributed by atoms with Crippen molar-refractivity contribution in [1.82, 2.24) is 9.55 Å². The Balaban J connectivity index is 1.86. The highest BCUT2D eigenvalue weighted by Crippen LogP contribution is 2.16. The summed E-state index contributed by atoms with van der Waals surface area (Å²) in [7, 11) is 2.08. The molecule has 1 aromatic carbocycles. The van der Waals surface area contributed by atoms with Crippen molar-refractivity contribution in [3.05, 3.63) is 30.1 Å². The molecule has 1 atom stereocenters. The number of fused-ring (bicyclic) bond motifs is 1. The van der Waals surface area contributed by atoms with Crippen molar-refractivity contribution < 1.29 is 0 Å². The molecule has 2 N–H and O–H groups in total. The third-order valence-electron chi connectivity index (χ3n) is 4.00. The van der Waals surface area contributed by atoms with Crippen LogP contribution in [0.4, 0.5) is 0 Å². The monoisotopic (exact) mass is 273 g/mol. The maximum atomic E-state index is 6.26. The molecule has 1 heterocycles. The molecule has 0 fully saturated rings. The molecule has 0 radical (unpaired) electrons. The molecule has 0 saturated carbocycles. The molecule has 0 aliphatic heterocycles. The highest BCUT2D eigenvalue weighted by Gasteiger charge is 2.11. The molecular formula is C17H27N3. The lowest BCUT2D eigenvalue weighted by atomic mass is 10.0. The van der Waals surface area contributed by atoms with E-state index in [1.165, 1.54) is 37.6 Å². The second-order valence-electron chi connectivity index (χ2n) is 5.74. The highest BCUT2D eigenvalue weighted by molar-refractivity contribution is 5.75. The standard InChI is InChI=1S/C17H27N3/c1-3-4-5-6-7-10-14(18)13-17-19-15-11-8-9-12-16(15)20(17)2/h8-9,11-12,14H,3-7,10,13,18H2,1-2H3. The smallest absolute Gasteiger partial charge is 0.111 e. The van der Waals surface area contributed by atoms with Crippen molar-refractivity contribution in [2.24, 2.45) is 12.8 Å². The molecule has 110 valence electrons. The number of aryl methyl sites for hydroxylation is 1. The first kappa shape index (κ1) is 15.0. The first-order valence-corrected chi connectivity index (χ1v) is 7.88. The quantitative estimate of drug-likeness (QED) is 0.743. The van der Waals surface area contributed by atoms with Crippen molar-refractivity contribution >= 4 is 11.0 Å². The predicted molar refractivity (Wildman–Crippen MR) is 85.8 cm³/mol. The molecule has 0 aliphatic carbocycles. The van der Waals surface area contributed by atoms with Crippen LogP contribution in [0.25, 0.3) is 11.0 Å². The van der Waals surface area contributed by atoms with Gasteiger partial charge in [0.25, 0.3) is 0 Å². The van der Waals surface area contributed by atoms with Crippen molar-refractivity contribution in [3.8, 4) is 0 Å². The summed E-state index contributed by atoms with van der Waals surface area (Å²) < 4.78 is 2.17. The van der Waals surface area contributed by atoms with Crippen molar-refractivity contribution in [3.63, 3.8) is 0 Å². The van der Waals surface area contributed by atoms with Gasteiger partial charge in [0.05, 0.1) is 11.0 Å². The molecular weight excluding hydrogens is 246 g/mol. The van der Waals surface area contributed by atoms with Gasteiger partial charge in [-0.15, -0.1) is 0 Å². The summed E-state index contributed by atoms with van der Waals surface area (Å²) in [6.07, 6.45) is 8.52. The molecule has 0 saturated heterocycles. The average molecular weight is 273 g/mol. The molecule has 2 aromatic rings. The van der Waals surface area contributed by atoms with E-state index in [4.69, 9.17) is 10.7 Å². The Bertz CT molecular complexity index is 530.